The average Bonchev–Trinajstić information content (AvgIpc) is 2.70. The normalized spacial score (nSPS) is 11.8. The molecule has 3 rings (SSSR count). The lowest BCUT2D eigenvalue weighted by molar-refractivity contribution is 0.178. The Labute approximate surface area is 156 Å². The first-order valence-corrected chi connectivity index (χ1v) is 9.08. The lowest BCUT2D eigenvalue weighted by Crippen LogP contribution is -2.36. The summed E-state index contributed by atoms with van der Waals surface area (Å²) in [6, 6.07) is 34.1. The molecule has 0 saturated carbocycles. The van der Waals surface area contributed by atoms with Crippen LogP contribution in [-0.2, 0) is 19.5 Å². The second kappa shape index (κ2) is 9.56. The summed E-state index contributed by atoms with van der Waals surface area (Å²) in [5.41, 5.74) is 3.83. The molecule has 0 bridgehead atoms. The highest BCUT2D eigenvalue weighted by atomic mass is 15.1. The summed E-state index contributed by atoms with van der Waals surface area (Å²) in [5.74, 6) is 0. The van der Waals surface area contributed by atoms with E-state index in [9.17, 15) is 5.26 Å². The number of benzene rings is 3. The lowest BCUT2D eigenvalue weighted by Gasteiger charge is -2.31. The van der Waals surface area contributed by atoms with Crippen LogP contribution in [0.25, 0.3) is 0 Å². The van der Waals surface area contributed by atoms with Crippen molar-refractivity contribution in [3.63, 3.8) is 0 Å². The Morgan fingerprint density at radius 3 is 1.50 bits per heavy atom. The van der Waals surface area contributed by atoms with Crippen LogP contribution in [0.3, 0.4) is 0 Å². The maximum absolute atomic E-state index is 9.42. The first kappa shape index (κ1) is 17.9. The van der Waals surface area contributed by atoms with Crippen LogP contribution >= 0.6 is 0 Å². The molecule has 0 spiro atoms. The molecule has 0 unspecified atom stereocenters. The highest BCUT2D eigenvalue weighted by Gasteiger charge is 2.19. The third-order valence-electron chi connectivity index (χ3n) is 4.61. The Bertz CT molecular complexity index is 766. The van der Waals surface area contributed by atoms with Gasteiger partial charge in [0.25, 0.3) is 0 Å². The molecule has 0 heterocycles. The largest absolute Gasteiger partial charge is 0.291 e. The van der Waals surface area contributed by atoms with Gasteiger partial charge in [0, 0.05) is 19.1 Å². The van der Waals surface area contributed by atoms with E-state index in [1.165, 1.54) is 16.7 Å². The van der Waals surface area contributed by atoms with Crippen LogP contribution in [0.15, 0.2) is 91.0 Å². The van der Waals surface area contributed by atoms with Crippen LogP contribution in [0, 0.1) is 11.3 Å². The summed E-state index contributed by atoms with van der Waals surface area (Å²) in [4.78, 5) is 2.43. The molecular formula is C24H24N2. The third kappa shape index (κ3) is 5.31. The Morgan fingerprint density at radius 1 is 0.654 bits per heavy atom. The topological polar surface area (TPSA) is 27.0 Å². The van der Waals surface area contributed by atoms with Crippen LogP contribution in [-0.4, -0.2) is 10.9 Å². The smallest absolute Gasteiger partial charge is 0.0638 e. The number of nitrogens with zero attached hydrogens (tertiary/aromatic N) is 2. The van der Waals surface area contributed by atoms with Gasteiger partial charge in [-0.15, -0.1) is 0 Å². The van der Waals surface area contributed by atoms with Crippen LogP contribution < -0.4 is 0 Å². The van der Waals surface area contributed by atoms with E-state index in [2.05, 4.69) is 83.8 Å². The van der Waals surface area contributed by atoms with Crippen LogP contribution in [0.5, 0.6) is 0 Å². The maximum atomic E-state index is 9.42. The average molecular weight is 340 g/mol. The van der Waals surface area contributed by atoms with Gasteiger partial charge in [-0.2, -0.15) is 5.26 Å². The van der Waals surface area contributed by atoms with E-state index in [-0.39, 0.29) is 6.04 Å². The van der Waals surface area contributed by atoms with Gasteiger partial charge in [0.05, 0.1) is 12.5 Å². The van der Waals surface area contributed by atoms with Crippen molar-refractivity contribution in [3.8, 4) is 6.07 Å². The van der Waals surface area contributed by atoms with Gasteiger partial charge in [0.2, 0.25) is 0 Å². The molecule has 3 aromatic carbocycles. The van der Waals surface area contributed by atoms with Crippen molar-refractivity contribution in [1.82, 2.24) is 4.90 Å². The number of nitriles is 1. The van der Waals surface area contributed by atoms with Gasteiger partial charge in [0.1, 0.15) is 0 Å². The second-order valence-electron chi connectivity index (χ2n) is 6.58. The summed E-state index contributed by atoms with van der Waals surface area (Å²) in [6.45, 7) is 1.68. The van der Waals surface area contributed by atoms with E-state index in [1.807, 2.05) is 18.2 Å². The van der Waals surface area contributed by atoms with E-state index in [4.69, 9.17) is 0 Å². The number of rotatable bonds is 8. The molecule has 130 valence electrons. The van der Waals surface area contributed by atoms with Gasteiger partial charge < -0.3 is 0 Å². The highest BCUT2D eigenvalue weighted by Crippen LogP contribution is 2.19. The lowest BCUT2D eigenvalue weighted by atomic mass is 10.0. The molecule has 26 heavy (non-hydrogen) atoms. The van der Waals surface area contributed by atoms with E-state index in [1.54, 1.807) is 0 Å². The van der Waals surface area contributed by atoms with Crippen molar-refractivity contribution in [2.45, 2.75) is 32.0 Å². The van der Waals surface area contributed by atoms with E-state index in [0.29, 0.717) is 6.42 Å². The number of hydrogen-bond donors (Lipinski definition) is 0. The van der Waals surface area contributed by atoms with Crippen LogP contribution in [0.2, 0.25) is 0 Å². The minimum atomic E-state index is 0.183. The van der Waals surface area contributed by atoms with Crippen molar-refractivity contribution in [2.24, 2.45) is 0 Å². The van der Waals surface area contributed by atoms with Crippen molar-refractivity contribution >= 4 is 0 Å². The van der Waals surface area contributed by atoms with E-state index < -0.39 is 0 Å². The van der Waals surface area contributed by atoms with Crippen LogP contribution in [0.1, 0.15) is 23.1 Å². The fourth-order valence-corrected chi connectivity index (χ4v) is 3.27. The SMILES string of the molecule is N#CC[C@H](Cc1ccccc1)N(Cc1ccccc1)Cc1ccccc1. The summed E-state index contributed by atoms with van der Waals surface area (Å²) in [7, 11) is 0. The molecule has 1 atom stereocenters. The molecule has 0 saturated heterocycles. The predicted octanol–water partition coefficient (Wildman–Crippen LogP) is 5.21. The fourth-order valence-electron chi connectivity index (χ4n) is 3.27. The van der Waals surface area contributed by atoms with E-state index in [0.717, 1.165) is 19.5 Å². The van der Waals surface area contributed by atoms with Crippen molar-refractivity contribution in [1.29, 1.82) is 5.26 Å². The molecule has 0 fully saturated rings. The number of hydrogen-bond acceptors (Lipinski definition) is 2. The molecule has 0 aliphatic rings. The molecule has 3 aromatic rings. The first-order chi connectivity index (χ1) is 12.8. The van der Waals surface area contributed by atoms with Crippen molar-refractivity contribution in [3.05, 3.63) is 108 Å². The molecule has 0 aromatic heterocycles. The predicted molar refractivity (Wildman–Crippen MR) is 106 cm³/mol. The summed E-state index contributed by atoms with van der Waals surface area (Å²) < 4.78 is 0. The summed E-state index contributed by atoms with van der Waals surface area (Å²) in [6.07, 6.45) is 1.41. The van der Waals surface area contributed by atoms with Gasteiger partial charge >= 0.3 is 0 Å². The highest BCUT2D eigenvalue weighted by molar-refractivity contribution is 5.20. The molecule has 0 aliphatic heterocycles. The maximum Gasteiger partial charge on any atom is 0.0638 e. The van der Waals surface area contributed by atoms with Crippen molar-refractivity contribution < 1.29 is 0 Å². The zero-order chi connectivity index (χ0) is 18.0. The Kier molecular flexibility index (Phi) is 6.59. The zero-order valence-corrected chi connectivity index (χ0v) is 15.0. The van der Waals surface area contributed by atoms with E-state index >= 15 is 0 Å². The van der Waals surface area contributed by atoms with Gasteiger partial charge in [0.15, 0.2) is 0 Å². The Balaban J connectivity index is 1.84. The van der Waals surface area contributed by atoms with Gasteiger partial charge in [-0.25, -0.2) is 0 Å². The zero-order valence-electron chi connectivity index (χ0n) is 15.0. The molecule has 0 amide bonds. The Hall–Kier alpha value is -2.89. The monoisotopic (exact) mass is 340 g/mol. The van der Waals surface area contributed by atoms with Gasteiger partial charge in [-0.05, 0) is 23.1 Å². The second-order valence-corrected chi connectivity index (χ2v) is 6.58. The van der Waals surface area contributed by atoms with Gasteiger partial charge in [-0.1, -0.05) is 91.0 Å². The Morgan fingerprint density at radius 2 is 1.08 bits per heavy atom. The molecule has 2 nitrogen and oxygen atoms in total. The van der Waals surface area contributed by atoms with Gasteiger partial charge in [-0.3, -0.25) is 4.90 Å². The third-order valence-corrected chi connectivity index (χ3v) is 4.61. The molecule has 0 N–H and O–H groups in total. The minimum Gasteiger partial charge on any atom is -0.291 e. The quantitative estimate of drug-likeness (QED) is 0.562. The molecular weight excluding hydrogens is 316 g/mol. The summed E-state index contributed by atoms with van der Waals surface area (Å²) in [5, 5.41) is 9.42. The molecule has 0 radical (unpaired) electrons. The summed E-state index contributed by atoms with van der Waals surface area (Å²) >= 11 is 0. The fraction of sp³-hybridized carbons (Fsp3) is 0.208. The molecule has 0 aliphatic carbocycles. The van der Waals surface area contributed by atoms with Crippen LogP contribution in [0.4, 0.5) is 0 Å². The standard InChI is InChI=1S/C24H24N2/c25-17-16-24(18-21-10-4-1-5-11-21)26(19-22-12-6-2-7-13-22)20-23-14-8-3-9-15-23/h1-15,24H,16,18-20H2/t24-/m1/s1. The van der Waals surface area contributed by atoms with Crippen molar-refractivity contribution in [2.75, 3.05) is 0 Å². The minimum absolute atomic E-state index is 0.183. The molecule has 2 heteroatoms. The first-order valence-electron chi connectivity index (χ1n) is 9.08.